The zero-order valence-electron chi connectivity index (χ0n) is 15.8. The molecule has 3 rings (SSSR count). The standard InChI is InChI=1S/C21H22N2O5/c1-13-11-15(8-7-14-12-23-17-6-4-3-5-16(14)17)28-21(26)19(13)20(25)22-10-9-18(24)27-2/h3-6,11-12,23H,7-10H2,1-2H3,(H,22,25). The Hall–Kier alpha value is -3.35. The Balaban J connectivity index is 1.68. The summed E-state index contributed by atoms with van der Waals surface area (Å²) in [5.41, 5.74) is 2.03. The summed E-state index contributed by atoms with van der Waals surface area (Å²) in [6.45, 7) is 1.79. The zero-order chi connectivity index (χ0) is 20.1. The van der Waals surface area contributed by atoms with Crippen molar-refractivity contribution in [2.75, 3.05) is 13.7 Å². The summed E-state index contributed by atoms with van der Waals surface area (Å²) in [6, 6.07) is 9.73. The second-order valence-corrected chi connectivity index (χ2v) is 6.50. The van der Waals surface area contributed by atoms with Gasteiger partial charge in [-0.2, -0.15) is 0 Å². The molecule has 0 aliphatic rings. The molecule has 7 heteroatoms. The fraction of sp³-hybridized carbons (Fsp3) is 0.286. The summed E-state index contributed by atoms with van der Waals surface area (Å²) in [7, 11) is 1.28. The molecule has 28 heavy (non-hydrogen) atoms. The first kappa shape index (κ1) is 19.4. The number of aryl methyl sites for hydroxylation is 3. The van der Waals surface area contributed by atoms with Gasteiger partial charge in [-0.3, -0.25) is 9.59 Å². The summed E-state index contributed by atoms with van der Waals surface area (Å²) >= 11 is 0. The molecule has 146 valence electrons. The molecular formula is C21H22N2O5. The molecule has 0 unspecified atom stereocenters. The number of esters is 1. The Morgan fingerprint density at radius 1 is 1.21 bits per heavy atom. The summed E-state index contributed by atoms with van der Waals surface area (Å²) in [5, 5.41) is 3.68. The lowest BCUT2D eigenvalue weighted by Gasteiger charge is -2.08. The predicted octanol–water partition coefficient (Wildman–Crippen LogP) is 2.51. The van der Waals surface area contributed by atoms with Gasteiger partial charge in [-0.05, 0) is 36.6 Å². The van der Waals surface area contributed by atoms with Crippen molar-refractivity contribution in [2.24, 2.45) is 0 Å². The minimum atomic E-state index is -0.676. The van der Waals surface area contributed by atoms with Gasteiger partial charge in [-0.25, -0.2) is 4.79 Å². The molecule has 7 nitrogen and oxygen atoms in total. The van der Waals surface area contributed by atoms with Crippen molar-refractivity contribution >= 4 is 22.8 Å². The summed E-state index contributed by atoms with van der Waals surface area (Å²) in [5.74, 6) is -0.464. The van der Waals surface area contributed by atoms with Crippen LogP contribution in [0, 0.1) is 6.92 Å². The van der Waals surface area contributed by atoms with E-state index in [1.54, 1.807) is 13.0 Å². The number of carbonyl (C=O) groups is 2. The maximum Gasteiger partial charge on any atom is 0.349 e. The van der Waals surface area contributed by atoms with Crippen LogP contribution in [0.1, 0.15) is 33.7 Å². The van der Waals surface area contributed by atoms with Crippen LogP contribution in [-0.4, -0.2) is 30.5 Å². The minimum Gasteiger partial charge on any atom is -0.469 e. The molecular weight excluding hydrogens is 360 g/mol. The number of hydrogen-bond acceptors (Lipinski definition) is 5. The molecule has 3 aromatic rings. The highest BCUT2D eigenvalue weighted by molar-refractivity contribution is 5.95. The van der Waals surface area contributed by atoms with Gasteiger partial charge in [0.25, 0.3) is 5.91 Å². The number of fused-ring (bicyclic) bond motifs is 1. The molecule has 0 spiro atoms. The van der Waals surface area contributed by atoms with Gasteiger partial charge in [-0.15, -0.1) is 0 Å². The first-order valence-electron chi connectivity index (χ1n) is 9.03. The Morgan fingerprint density at radius 3 is 2.75 bits per heavy atom. The molecule has 1 amide bonds. The number of aromatic nitrogens is 1. The second-order valence-electron chi connectivity index (χ2n) is 6.50. The van der Waals surface area contributed by atoms with Crippen LogP contribution >= 0.6 is 0 Å². The van der Waals surface area contributed by atoms with Gasteiger partial charge in [0.1, 0.15) is 11.3 Å². The van der Waals surface area contributed by atoms with Crippen LogP contribution in [0.4, 0.5) is 0 Å². The average molecular weight is 382 g/mol. The molecule has 0 saturated carbocycles. The van der Waals surface area contributed by atoms with Crippen LogP contribution < -0.4 is 10.9 Å². The van der Waals surface area contributed by atoms with E-state index in [4.69, 9.17) is 4.42 Å². The lowest BCUT2D eigenvalue weighted by molar-refractivity contribution is -0.140. The average Bonchev–Trinajstić information content (AvgIpc) is 3.09. The first-order valence-corrected chi connectivity index (χ1v) is 9.03. The number of H-pyrrole nitrogens is 1. The van der Waals surface area contributed by atoms with Crippen LogP contribution in [0.5, 0.6) is 0 Å². The van der Waals surface area contributed by atoms with E-state index >= 15 is 0 Å². The smallest absolute Gasteiger partial charge is 0.349 e. The van der Waals surface area contributed by atoms with E-state index in [1.807, 2.05) is 30.5 Å². The second kappa shape index (κ2) is 8.56. The van der Waals surface area contributed by atoms with Crippen LogP contribution in [0.15, 0.2) is 45.7 Å². The van der Waals surface area contributed by atoms with Crippen molar-refractivity contribution < 1.29 is 18.7 Å². The third kappa shape index (κ3) is 4.31. The molecule has 0 aliphatic heterocycles. The predicted molar refractivity (Wildman–Crippen MR) is 104 cm³/mol. The van der Waals surface area contributed by atoms with Gasteiger partial charge >= 0.3 is 11.6 Å². The minimum absolute atomic E-state index is 0.0370. The number of amides is 1. The van der Waals surface area contributed by atoms with E-state index in [0.717, 1.165) is 16.5 Å². The monoisotopic (exact) mass is 382 g/mol. The number of benzene rings is 1. The van der Waals surface area contributed by atoms with Crippen LogP contribution in [-0.2, 0) is 22.4 Å². The Bertz CT molecular complexity index is 1060. The van der Waals surface area contributed by atoms with E-state index in [-0.39, 0.29) is 18.5 Å². The molecule has 0 atom stereocenters. The number of nitrogens with one attached hydrogen (secondary N) is 2. The van der Waals surface area contributed by atoms with Crippen molar-refractivity contribution in [3.8, 4) is 0 Å². The van der Waals surface area contributed by atoms with E-state index in [9.17, 15) is 14.4 Å². The van der Waals surface area contributed by atoms with Crippen molar-refractivity contribution in [1.82, 2.24) is 10.3 Å². The van der Waals surface area contributed by atoms with Gasteiger partial charge in [-0.1, -0.05) is 18.2 Å². The Kier molecular flexibility index (Phi) is 5.93. The number of rotatable bonds is 7. The number of ether oxygens (including phenoxy) is 1. The fourth-order valence-electron chi connectivity index (χ4n) is 3.13. The molecule has 2 N–H and O–H groups in total. The molecule has 0 bridgehead atoms. The summed E-state index contributed by atoms with van der Waals surface area (Å²) in [4.78, 5) is 38.9. The van der Waals surface area contributed by atoms with Crippen molar-refractivity contribution in [3.63, 3.8) is 0 Å². The highest BCUT2D eigenvalue weighted by Gasteiger charge is 2.17. The Labute approximate surface area is 161 Å². The molecule has 0 aliphatic carbocycles. The van der Waals surface area contributed by atoms with E-state index < -0.39 is 17.5 Å². The summed E-state index contributed by atoms with van der Waals surface area (Å²) in [6.07, 6.45) is 3.24. The van der Waals surface area contributed by atoms with E-state index in [0.29, 0.717) is 24.2 Å². The third-order valence-corrected chi connectivity index (χ3v) is 4.58. The lowest BCUT2D eigenvalue weighted by atomic mass is 10.1. The number of hydrogen-bond donors (Lipinski definition) is 2. The number of methoxy groups -OCH3 is 1. The van der Waals surface area contributed by atoms with Gasteiger partial charge in [0.2, 0.25) is 0 Å². The SMILES string of the molecule is COC(=O)CCNC(=O)c1c(C)cc(CCc2c[nH]c3ccccc23)oc1=O. The molecule has 2 heterocycles. The summed E-state index contributed by atoms with van der Waals surface area (Å²) < 4.78 is 9.86. The van der Waals surface area contributed by atoms with Crippen molar-refractivity contribution in [2.45, 2.75) is 26.2 Å². The van der Waals surface area contributed by atoms with Crippen LogP contribution in [0.3, 0.4) is 0 Å². The lowest BCUT2D eigenvalue weighted by Crippen LogP contribution is -2.31. The van der Waals surface area contributed by atoms with Gasteiger partial charge in [0.15, 0.2) is 0 Å². The normalized spacial score (nSPS) is 10.8. The van der Waals surface area contributed by atoms with Gasteiger partial charge in [0, 0.05) is 30.1 Å². The molecule has 0 fully saturated rings. The first-order chi connectivity index (χ1) is 13.5. The Morgan fingerprint density at radius 2 is 2.00 bits per heavy atom. The zero-order valence-corrected chi connectivity index (χ0v) is 15.8. The molecule has 0 saturated heterocycles. The van der Waals surface area contributed by atoms with E-state index in [1.165, 1.54) is 7.11 Å². The number of carbonyl (C=O) groups excluding carboxylic acids is 2. The maximum atomic E-state index is 12.3. The molecule has 1 aromatic carbocycles. The highest BCUT2D eigenvalue weighted by Crippen LogP contribution is 2.19. The van der Waals surface area contributed by atoms with Gasteiger partial charge in [0.05, 0.1) is 13.5 Å². The van der Waals surface area contributed by atoms with E-state index in [2.05, 4.69) is 15.0 Å². The van der Waals surface area contributed by atoms with Crippen molar-refractivity contribution in [3.05, 3.63) is 69.4 Å². The van der Waals surface area contributed by atoms with Crippen LogP contribution in [0.25, 0.3) is 10.9 Å². The van der Waals surface area contributed by atoms with Gasteiger partial charge < -0.3 is 19.5 Å². The molecule has 2 aromatic heterocycles. The number of para-hydroxylation sites is 1. The maximum absolute atomic E-state index is 12.3. The topological polar surface area (TPSA) is 101 Å². The highest BCUT2D eigenvalue weighted by atomic mass is 16.5. The quantitative estimate of drug-likeness (QED) is 0.612. The fourth-order valence-corrected chi connectivity index (χ4v) is 3.13. The van der Waals surface area contributed by atoms with Crippen LogP contribution in [0.2, 0.25) is 0 Å². The largest absolute Gasteiger partial charge is 0.469 e. The third-order valence-electron chi connectivity index (χ3n) is 4.58. The van der Waals surface area contributed by atoms with Crippen molar-refractivity contribution in [1.29, 1.82) is 0 Å². The number of aromatic amines is 1. The molecule has 0 radical (unpaired) electrons.